The molecule has 2 aromatic rings. The maximum atomic E-state index is 11.9. The van der Waals surface area contributed by atoms with E-state index in [4.69, 9.17) is 0 Å². The lowest BCUT2D eigenvalue weighted by Crippen LogP contribution is -2.27. The Morgan fingerprint density at radius 2 is 2.05 bits per heavy atom. The molecule has 1 aliphatic rings. The fraction of sp³-hybridized carbons (Fsp3) is 0.222. The molecule has 0 bridgehead atoms. The van der Waals surface area contributed by atoms with Gasteiger partial charge in [0.25, 0.3) is 0 Å². The smallest absolute Gasteiger partial charge is 0.227 e. The summed E-state index contributed by atoms with van der Waals surface area (Å²) in [4.78, 5) is 16.2. The summed E-state index contributed by atoms with van der Waals surface area (Å²) in [6.45, 7) is 0. The predicted octanol–water partition coefficient (Wildman–Crippen LogP) is 3.99. The third-order valence-electron chi connectivity index (χ3n) is 3.76. The second-order valence-electron chi connectivity index (χ2n) is 5.33. The summed E-state index contributed by atoms with van der Waals surface area (Å²) in [7, 11) is 0. The third kappa shape index (κ3) is 3.57. The number of nitrogens with zero attached hydrogens (tertiary/aromatic N) is 1. The number of hydrogen-bond acceptors (Lipinski definition) is 2. The quantitative estimate of drug-likeness (QED) is 0.918. The summed E-state index contributed by atoms with van der Waals surface area (Å²) in [5.41, 5.74) is 2.82. The predicted molar refractivity (Wildman–Crippen MR) is 85.6 cm³/mol. The molecule has 0 aliphatic heterocycles. The Bertz CT molecular complexity index is 645. The average Bonchev–Trinajstić information content (AvgIpc) is 2.45. The number of hydrogen-bond donors (Lipinski definition) is 1. The van der Waals surface area contributed by atoms with E-state index in [1.807, 2.05) is 54.6 Å². The molecule has 1 saturated carbocycles. The van der Waals surface area contributed by atoms with Gasteiger partial charge in [0.15, 0.2) is 0 Å². The Hall–Kier alpha value is -2.42. The zero-order valence-corrected chi connectivity index (χ0v) is 11.8. The van der Waals surface area contributed by atoms with Crippen LogP contribution < -0.4 is 5.32 Å². The highest BCUT2D eigenvalue weighted by Crippen LogP contribution is 2.27. The van der Waals surface area contributed by atoms with Crippen molar-refractivity contribution in [3.8, 4) is 0 Å². The van der Waals surface area contributed by atoms with Gasteiger partial charge < -0.3 is 5.32 Å². The topological polar surface area (TPSA) is 42.0 Å². The molecular weight excluding hydrogens is 260 g/mol. The van der Waals surface area contributed by atoms with E-state index in [9.17, 15) is 4.79 Å². The molecule has 1 aromatic heterocycles. The largest absolute Gasteiger partial charge is 0.326 e. The molecule has 0 unspecified atom stereocenters. The Morgan fingerprint density at radius 1 is 1.14 bits per heavy atom. The SMILES string of the molecule is O=C(Nc1cccc(/C=C/c2ccccn2)c1)C1CCC1. The Labute approximate surface area is 124 Å². The summed E-state index contributed by atoms with van der Waals surface area (Å²) < 4.78 is 0. The van der Waals surface area contributed by atoms with Crippen molar-refractivity contribution in [2.75, 3.05) is 5.32 Å². The maximum absolute atomic E-state index is 11.9. The number of amides is 1. The summed E-state index contributed by atoms with van der Waals surface area (Å²) in [6, 6.07) is 13.7. The van der Waals surface area contributed by atoms with Crippen LogP contribution in [-0.4, -0.2) is 10.9 Å². The molecule has 1 N–H and O–H groups in total. The van der Waals surface area contributed by atoms with Gasteiger partial charge in [-0.25, -0.2) is 0 Å². The van der Waals surface area contributed by atoms with Crippen molar-refractivity contribution >= 4 is 23.7 Å². The van der Waals surface area contributed by atoms with E-state index in [-0.39, 0.29) is 11.8 Å². The molecule has 1 aliphatic carbocycles. The Morgan fingerprint density at radius 3 is 2.76 bits per heavy atom. The van der Waals surface area contributed by atoms with Crippen LogP contribution in [0.4, 0.5) is 5.69 Å². The first kappa shape index (κ1) is 13.6. The first-order valence-corrected chi connectivity index (χ1v) is 7.31. The summed E-state index contributed by atoms with van der Waals surface area (Å²) in [6.07, 6.45) is 8.95. The van der Waals surface area contributed by atoms with E-state index in [2.05, 4.69) is 10.3 Å². The van der Waals surface area contributed by atoms with E-state index >= 15 is 0 Å². The number of carbonyl (C=O) groups excluding carboxylic acids is 1. The van der Waals surface area contributed by atoms with E-state index in [1.165, 1.54) is 6.42 Å². The second kappa shape index (κ2) is 6.35. The molecule has 1 fully saturated rings. The molecule has 106 valence electrons. The number of benzene rings is 1. The van der Waals surface area contributed by atoms with E-state index in [0.29, 0.717) is 0 Å². The van der Waals surface area contributed by atoms with Gasteiger partial charge in [-0.3, -0.25) is 9.78 Å². The van der Waals surface area contributed by atoms with Crippen molar-refractivity contribution in [3.05, 3.63) is 59.9 Å². The molecule has 1 heterocycles. The van der Waals surface area contributed by atoms with Gasteiger partial charge in [-0.05, 0) is 48.7 Å². The molecule has 0 spiro atoms. The molecule has 1 aromatic carbocycles. The van der Waals surface area contributed by atoms with Crippen LogP contribution in [0.5, 0.6) is 0 Å². The second-order valence-corrected chi connectivity index (χ2v) is 5.33. The van der Waals surface area contributed by atoms with Crippen molar-refractivity contribution in [3.63, 3.8) is 0 Å². The monoisotopic (exact) mass is 278 g/mol. The molecular formula is C18H18N2O. The Balaban J connectivity index is 1.68. The van der Waals surface area contributed by atoms with Crippen molar-refractivity contribution in [1.29, 1.82) is 0 Å². The lowest BCUT2D eigenvalue weighted by Gasteiger charge is -2.24. The van der Waals surface area contributed by atoms with E-state index in [0.717, 1.165) is 29.8 Å². The standard InChI is InChI=1S/C18H18N2O/c21-18(15-6-4-7-15)20-17-9-3-5-14(13-17)10-11-16-8-1-2-12-19-16/h1-3,5,8-13,15H,4,6-7H2,(H,20,21)/b11-10+. The van der Waals surface area contributed by atoms with Crippen LogP contribution in [0.1, 0.15) is 30.5 Å². The Kier molecular flexibility index (Phi) is 4.10. The van der Waals surface area contributed by atoms with Gasteiger partial charge in [0.2, 0.25) is 5.91 Å². The minimum atomic E-state index is 0.145. The van der Waals surface area contributed by atoms with Crippen molar-refractivity contribution in [1.82, 2.24) is 4.98 Å². The summed E-state index contributed by atoms with van der Waals surface area (Å²) >= 11 is 0. The van der Waals surface area contributed by atoms with Gasteiger partial charge in [0.05, 0.1) is 5.69 Å². The van der Waals surface area contributed by atoms with E-state index < -0.39 is 0 Å². The highest BCUT2D eigenvalue weighted by atomic mass is 16.1. The van der Waals surface area contributed by atoms with Crippen molar-refractivity contribution < 1.29 is 4.79 Å². The van der Waals surface area contributed by atoms with Crippen LogP contribution in [0.15, 0.2) is 48.7 Å². The van der Waals surface area contributed by atoms with Crippen LogP contribution in [0.25, 0.3) is 12.2 Å². The number of rotatable bonds is 4. The van der Waals surface area contributed by atoms with Crippen molar-refractivity contribution in [2.24, 2.45) is 5.92 Å². The molecule has 0 atom stereocenters. The van der Waals surface area contributed by atoms with Gasteiger partial charge >= 0.3 is 0 Å². The molecule has 3 rings (SSSR count). The molecule has 1 amide bonds. The summed E-state index contributed by atoms with van der Waals surface area (Å²) in [5, 5.41) is 2.99. The van der Waals surface area contributed by atoms with Gasteiger partial charge in [-0.2, -0.15) is 0 Å². The third-order valence-corrected chi connectivity index (χ3v) is 3.76. The number of pyridine rings is 1. The minimum Gasteiger partial charge on any atom is -0.326 e. The van der Waals surface area contributed by atoms with Gasteiger partial charge in [0, 0.05) is 17.8 Å². The minimum absolute atomic E-state index is 0.145. The maximum Gasteiger partial charge on any atom is 0.227 e. The van der Waals surface area contributed by atoms with Gasteiger partial charge in [0.1, 0.15) is 0 Å². The number of aromatic nitrogens is 1. The van der Waals surface area contributed by atoms with Crippen LogP contribution in [-0.2, 0) is 4.79 Å². The van der Waals surface area contributed by atoms with Gasteiger partial charge in [-0.1, -0.05) is 30.7 Å². The van der Waals surface area contributed by atoms with Crippen LogP contribution in [0.3, 0.4) is 0 Å². The van der Waals surface area contributed by atoms with Crippen LogP contribution in [0.2, 0.25) is 0 Å². The van der Waals surface area contributed by atoms with E-state index in [1.54, 1.807) is 6.20 Å². The fourth-order valence-corrected chi connectivity index (χ4v) is 2.29. The highest BCUT2D eigenvalue weighted by molar-refractivity contribution is 5.93. The first-order valence-electron chi connectivity index (χ1n) is 7.31. The first-order chi connectivity index (χ1) is 10.3. The molecule has 3 nitrogen and oxygen atoms in total. The number of anilines is 1. The van der Waals surface area contributed by atoms with Crippen LogP contribution >= 0.6 is 0 Å². The molecule has 0 radical (unpaired) electrons. The molecule has 21 heavy (non-hydrogen) atoms. The molecule has 0 saturated heterocycles. The fourth-order valence-electron chi connectivity index (χ4n) is 2.29. The average molecular weight is 278 g/mol. The number of carbonyl (C=O) groups is 1. The molecule has 3 heteroatoms. The zero-order chi connectivity index (χ0) is 14.5. The zero-order valence-electron chi connectivity index (χ0n) is 11.8. The van der Waals surface area contributed by atoms with Crippen molar-refractivity contribution in [2.45, 2.75) is 19.3 Å². The van der Waals surface area contributed by atoms with Crippen LogP contribution in [0, 0.1) is 5.92 Å². The highest BCUT2D eigenvalue weighted by Gasteiger charge is 2.24. The normalized spacial score (nSPS) is 14.9. The number of nitrogens with one attached hydrogen (secondary N) is 1. The summed E-state index contributed by atoms with van der Waals surface area (Å²) in [5.74, 6) is 0.352. The lowest BCUT2D eigenvalue weighted by atomic mass is 9.85. The van der Waals surface area contributed by atoms with Gasteiger partial charge in [-0.15, -0.1) is 0 Å². The lowest BCUT2D eigenvalue weighted by molar-refractivity contribution is -0.122.